The van der Waals surface area contributed by atoms with Crippen LogP contribution in [0.5, 0.6) is 0 Å². The van der Waals surface area contributed by atoms with Crippen molar-refractivity contribution in [3.8, 4) is 0 Å². The van der Waals surface area contributed by atoms with Gasteiger partial charge in [-0.15, -0.1) is 21.5 Å². The topological polar surface area (TPSA) is 52.1 Å². The standard InChI is InChI=1S/C10H8BrClN2O2S/c1-3-16-10(15)7-6(11)5-4(2)8(12)13-14-9(5)17-7/h3H2,1-2H3. The Labute approximate surface area is 115 Å². The second-order valence-corrected chi connectivity index (χ2v) is 5.41. The monoisotopic (exact) mass is 334 g/mol. The highest BCUT2D eigenvalue weighted by molar-refractivity contribution is 9.10. The van der Waals surface area contributed by atoms with E-state index < -0.39 is 0 Å². The molecular weight excluding hydrogens is 328 g/mol. The third-order valence-corrected chi connectivity index (χ3v) is 4.67. The van der Waals surface area contributed by atoms with Gasteiger partial charge in [-0.1, -0.05) is 11.6 Å². The van der Waals surface area contributed by atoms with Gasteiger partial charge in [0.2, 0.25) is 0 Å². The van der Waals surface area contributed by atoms with Gasteiger partial charge in [0, 0.05) is 5.39 Å². The fraction of sp³-hybridized carbons (Fsp3) is 0.300. The van der Waals surface area contributed by atoms with Gasteiger partial charge < -0.3 is 4.74 Å². The van der Waals surface area contributed by atoms with Crippen molar-refractivity contribution in [3.05, 3.63) is 20.1 Å². The number of aromatic nitrogens is 2. The second kappa shape index (κ2) is 4.88. The minimum absolute atomic E-state index is 0.338. The summed E-state index contributed by atoms with van der Waals surface area (Å²) < 4.78 is 5.64. The van der Waals surface area contributed by atoms with E-state index in [1.54, 1.807) is 6.92 Å². The van der Waals surface area contributed by atoms with Crippen LogP contribution in [0, 0.1) is 6.92 Å². The average molecular weight is 336 g/mol. The van der Waals surface area contributed by atoms with E-state index in [1.165, 1.54) is 11.3 Å². The maximum Gasteiger partial charge on any atom is 0.349 e. The molecule has 0 unspecified atom stereocenters. The van der Waals surface area contributed by atoms with E-state index in [0.29, 0.717) is 25.9 Å². The van der Waals surface area contributed by atoms with Crippen molar-refractivity contribution in [2.24, 2.45) is 0 Å². The van der Waals surface area contributed by atoms with Gasteiger partial charge in [0.15, 0.2) is 5.15 Å². The lowest BCUT2D eigenvalue weighted by Gasteiger charge is -1.99. The van der Waals surface area contributed by atoms with E-state index in [2.05, 4.69) is 26.1 Å². The van der Waals surface area contributed by atoms with Gasteiger partial charge in [0.25, 0.3) is 0 Å². The second-order valence-electron chi connectivity index (χ2n) is 3.26. The molecule has 0 bridgehead atoms. The van der Waals surface area contributed by atoms with Crippen LogP contribution in [0.4, 0.5) is 0 Å². The average Bonchev–Trinajstić information content (AvgIpc) is 2.62. The van der Waals surface area contributed by atoms with Crippen molar-refractivity contribution < 1.29 is 9.53 Å². The van der Waals surface area contributed by atoms with Crippen LogP contribution in [-0.4, -0.2) is 22.8 Å². The molecule has 4 nitrogen and oxygen atoms in total. The predicted octanol–water partition coefficient (Wildman–Crippen LogP) is 3.59. The number of fused-ring (bicyclic) bond motifs is 1. The van der Waals surface area contributed by atoms with Crippen LogP contribution in [0.15, 0.2) is 4.47 Å². The molecule has 0 atom stereocenters. The van der Waals surface area contributed by atoms with Crippen LogP contribution >= 0.6 is 38.9 Å². The third-order valence-electron chi connectivity index (χ3n) is 2.21. The lowest BCUT2D eigenvalue weighted by Crippen LogP contribution is -2.02. The summed E-state index contributed by atoms with van der Waals surface area (Å²) in [6, 6.07) is 0. The maximum absolute atomic E-state index is 11.7. The van der Waals surface area contributed by atoms with Crippen molar-refractivity contribution in [2.45, 2.75) is 13.8 Å². The molecule has 2 heterocycles. The Morgan fingerprint density at radius 3 is 2.88 bits per heavy atom. The molecule has 0 radical (unpaired) electrons. The highest BCUT2D eigenvalue weighted by atomic mass is 79.9. The van der Waals surface area contributed by atoms with E-state index in [0.717, 1.165) is 10.9 Å². The Morgan fingerprint density at radius 2 is 2.24 bits per heavy atom. The summed E-state index contributed by atoms with van der Waals surface area (Å²) >= 11 is 10.5. The summed E-state index contributed by atoms with van der Waals surface area (Å²) in [6.07, 6.45) is 0. The molecule has 2 aromatic heterocycles. The fourth-order valence-corrected chi connectivity index (χ4v) is 3.51. The van der Waals surface area contributed by atoms with E-state index in [4.69, 9.17) is 16.3 Å². The van der Waals surface area contributed by atoms with Crippen LogP contribution in [0.1, 0.15) is 22.2 Å². The maximum atomic E-state index is 11.7. The zero-order chi connectivity index (χ0) is 12.6. The highest BCUT2D eigenvalue weighted by Gasteiger charge is 2.21. The number of nitrogens with zero attached hydrogens (tertiary/aromatic N) is 2. The lowest BCUT2D eigenvalue weighted by atomic mass is 10.2. The number of halogens is 2. The SMILES string of the molecule is CCOC(=O)c1sc2nnc(Cl)c(C)c2c1Br. The van der Waals surface area contributed by atoms with Crippen LogP contribution in [0.25, 0.3) is 10.2 Å². The van der Waals surface area contributed by atoms with Crippen molar-refractivity contribution in [1.82, 2.24) is 10.2 Å². The molecule has 7 heteroatoms. The molecule has 0 aliphatic rings. The molecule has 0 amide bonds. The van der Waals surface area contributed by atoms with E-state index in [9.17, 15) is 4.79 Å². The van der Waals surface area contributed by atoms with Gasteiger partial charge in [0.05, 0.1) is 11.1 Å². The molecule has 0 spiro atoms. The number of hydrogen-bond donors (Lipinski definition) is 0. The third kappa shape index (κ3) is 2.17. The molecule has 2 aromatic rings. The smallest absolute Gasteiger partial charge is 0.349 e. The largest absolute Gasteiger partial charge is 0.462 e. The molecule has 0 fully saturated rings. The molecule has 0 saturated carbocycles. The normalized spacial score (nSPS) is 10.8. The molecule has 90 valence electrons. The van der Waals surface area contributed by atoms with Crippen molar-refractivity contribution in [3.63, 3.8) is 0 Å². The Kier molecular flexibility index (Phi) is 3.65. The van der Waals surface area contributed by atoms with E-state index in [1.807, 2.05) is 6.92 Å². The zero-order valence-corrected chi connectivity index (χ0v) is 12.2. The predicted molar refractivity (Wildman–Crippen MR) is 70.8 cm³/mol. The minimum Gasteiger partial charge on any atom is -0.462 e. The summed E-state index contributed by atoms with van der Waals surface area (Å²) in [5.74, 6) is -0.363. The van der Waals surface area contributed by atoms with Crippen LogP contribution in [0.3, 0.4) is 0 Å². The van der Waals surface area contributed by atoms with Gasteiger partial charge in [-0.05, 0) is 35.3 Å². The first-order valence-corrected chi connectivity index (χ1v) is 6.82. The van der Waals surface area contributed by atoms with Crippen LogP contribution in [-0.2, 0) is 4.74 Å². The number of hydrogen-bond acceptors (Lipinski definition) is 5. The Morgan fingerprint density at radius 1 is 1.53 bits per heavy atom. The van der Waals surface area contributed by atoms with Crippen molar-refractivity contribution >= 4 is 55.1 Å². The van der Waals surface area contributed by atoms with Crippen molar-refractivity contribution in [1.29, 1.82) is 0 Å². The molecule has 0 N–H and O–H groups in total. The molecule has 0 aliphatic carbocycles. The fourth-order valence-electron chi connectivity index (χ4n) is 1.39. The lowest BCUT2D eigenvalue weighted by molar-refractivity contribution is 0.0531. The highest BCUT2D eigenvalue weighted by Crippen LogP contribution is 2.37. The van der Waals surface area contributed by atoms with Crippen LogP contribution < -0.4 is 0 Å². The molecule has 17 heavy (non-hydrogen) atoms. The zero-order valence-electron chi connectivity index (χ0n) is 9.08. The molecular formula is C10H8BrClN2O2S. The summed E-state index contributed by atoms with van der Waals surface area (Å²) in [5.41, 5.74) is 0.801. The summed E-state index contributed by atoms with van der Waals surface area (Å²) in [6.45, 7) is 3.94. The van der Waals surface area contributed by atoms with Gasteiger partial charge in [-0.25, -0.2) is 4.79 Å². The molecule has 2 rings (SSSR count). The van der Waals surface area contributed by atoms with Crippen molar-refractivity contribution in [2.75, 3.05) is 6.61 Å². The first-order valence-electron chi connectivity index (χ1n) is 4.84. The Hall–Kier alpha value is -0.720. The van der Waals surface area contributed by atoms with Gasteiger partial charge in [0.1, 0.15) is 9.71 Å². The van der Waals surface area contributed by atoms with Gasteiger partial charge >= 0.3 is 5.97 Å². The minimum atomic E-state index is -0.363. The Balaban J connectivity index is 2.65. The molecule has 0 aromatic carbocycles. The molecule has 0 aliphatic heterocycles. The number of carbonyl (C=O) groups is 1. The quantitative estimate of drug-likeness (QED) is 0.787. The summed E-state index contributed by atoms with van der Waals surface area (Å²) in [5, 5.41) is 8.94. The van der Waals surface area contributed by atoms with Gasteiger partial charge in [-0.2, -0.15) is 0 Å². The van der Waals surface area contributed by atoms with Gasteiger partial charge in [-0.3, -0.25) is 0 Å². The molecule has 0 saturated heterocycles. The first-order chi connectivity index (χ1) is 8.06. The summed E-state index contributed by atoms with van der Waals surface area (Å²) in [4.78, 5) is 12.9. The number of esters is 1. The number of rotatable bonds is 2. The number of aryl methyl sites for hydroxylation is 1. The Bertz CT molecular complexity index is 599. The summed E-state index contributed by atoms with van der Waals surface area (Å²) in [7, 11) is 0. The first kappa shape index (κ1) is 12.7. The van der Waals surface area contributed by atoms with Crippen LogP contribution in [0.2, 0.25) is 5.15 Å². The number of carbonyl (C=O) groups excluding carboxylic acids is 1. The van der Waals surface area contributed by atoms with E-state index >= 15 is 0 Å². The number of ether oxygens (including phenoxy) is 1. The van der Waals surface area contributed by atoms with E-state index in [-0.39, 0.29) is 5.97 Å². The number of thiophene rings is 1.